The lowest BCUT2D eigenvalue weighted by Crippen LogP contribution is -2.44. The third kappa shape index (κ3) is 3.89. The molecule has 4 heterocycles. The zero-order valence-corrected chi connectivity index (χ0v) is 17.6. The first-order valence-electron chi connectivity index (χ1n) is 9.90. The summed E-state index contributed by atoms with van der Waals surface area (Å²) in [7, 11) is -0.254. The van der Waals surface area contributed by atoms with Crippen LogP contribution in [0.5, 0.6) is 0 Å². The summed E-state index contributed by atoms with van der Waals surface area (Å²) < 4.78 is 34.5. The van der Waals surface area contributed by atoms with Crippen molar-refractivity contribution in [2.24, 2.45) is 0 Å². The molecule has 2 aliphatic heterocycles. The van der Waals surface area contributed by atoms with Crippen LogP contribution in [0.2, 0.25) is 0 Å². The van der Waals surface area contributed by atoms with Crippen LogP contribution in [0.1, 0.15) is 34.7 Å². The van der Waals surface area contributed by atoms with Crippen molar-refractivity contribution in [1.82, 2.24) is 23.1 Å². The normalized spacial score (nSPS) is 19.9. The number of fused-ring (bicyclic) bond motifs is 1. The Kier molecular flexibility index (Phi) is 5.60. The molecule has 0 N–H and O–H groups in total. The number of carbonyl (C=O) groups excluding carboxylic acids is 1. The van der Waals surface area contributed by atoms with Crippen LogP contribution in [-0.4, -0.2) is 90.9 Å². The van der Waals surface area contributed by atoms with Crippen LogP contribution in [0.25, 0.3) is 5.52 Å². The highest BCUT2D eigenvalue weighted by molar-refractivity contribution is 7.86. The molecule has 2 aromatic heterocycles. The van der Waals surface area contributed by atoms with E-state index in [-0.39, 0.29) is 11.8 Å². The molecule has 2 fully saturated rings. The van der Waals surface area contributed by atoms with Gasteiger partial charge in [-0.2, -0.15) is 22.1 Å². The van der Waals surface area contributed by atoms with E-state index in [1.54, 1.807) is 29.7 Å². The first kappa shape index (κ1) is 20.3. The number of hydrogen-bond donors (Lipinski definition) is 0. The van der Waals surface area contributed by atoms with Gasteiger partial charge in [-0.1, -0.05) is 0 Å². The average molecular weight is 422 g/mol. The van der Waals surface area contributed by atoms with Crippen molar-refractivity contribution in [1.29, 1.82) is 0 Å². The van der Waals surface area contributed by atoms with Gasteiger partial charge in [0.15, 0.2) is 0 Å². The Morgan fingerprint density at radius 2 is 1.86 bits per heavy atom. The average Bonchev–Trinajstić information content (AvgIpc) is 3.17. The summed E-state index contributed by atoms with van der Waals surface area (Å²) in [4.78, 5) is 14.7. The summed E-state index contributed by atoms with van der Waals surface area (Å²) in [6, 6.07) is 4.05. The van der Waals surface area contributed by atoms with Gasteiger partial charge in [0.2, 0.25) is 0 Å². The molecule has 0 bridgehead atoms. The maximum absolute atomic E-state index is 12.9. The number of carbonyl (C=O) groups is 1. The topological polar surface area (TPSA) is 87.5 Å². The zero-order valence-electron chi connectivity index (χ0n) is 16.8. The molecule has 29 heavy (non-hydrogen) atoms. The second-order valence-corrected chi connectivity index (χ2v) is 9.86. The highest BCUT2D eigenvalue weighted by Crippen LogP contribution is 2.30. The number of morpholine rings is 1. The van der Waals surface area contributed by atoms with E-state index in [1.165, 1.54) is 8.61 Å². The predicted octanol–water partition coefficient (Wildman–Crippen LogP) is 0.793. The number of rotatable bonds is 4. The fourth-order valence-electron chi connectivity index (χ4n) is 4.00. The highest BCUT2D eigenvalue weighted by Gasteiger charge is 2.30. The third-order valence-corrected chi connectivity index (χ3v) is 7.73. The molecule has 158 valence electrons. The Hall–Kier alpha value is -2.01. The van der Waals surface area contributed by atoms with E-state index >= 15 is 0 Å². The van der Waals surface area contributed by atoms with E-state index in [0.29, 0.717) is 45.0 Å². The maximum Gasteiger partial charge on any atom is 0.281 e. The van der Waals surface area contributed by atoms with Gasteiger partial charge in [0.05, 0.1) is 30.5 Å². The van der Waals surface area contributed by atoms with E-state index in [0.717, 1.165) is 23.9 Å². The van der Waals surface area contributed by atoms with Gasteiger partial charge >= 0.3 is 0 Å². The monoisotopic (exact) mass is 421 g/mol. The fourth-order valence-corrected chi connectivity index (χ4v) is 5.14. The lowest BCUT2D eigenvalue weighted by Gasteiger charge is -2.33. The van der Waals surface area contributed by atoms with Crippen molar-refractivity contribution in [3.63, 3.8) is 0 Å². The van der Waals surface area contributed by atoms with Gasteiger partial charge in [-0.3, -0.25) is 4.79 Å². The van der Waals surface area contributed by atoms with Crippen LogP contribution in [0.15, 0.2) is 24.5 Å². The summed E-state index contributed by atoms with van der Waals surface area (Å²) in [5.74, 6) is 0.238. The van der Waals surface area contributed by atoms with E-state index in [9.17, 15) is 13.2 Å². The number of piperidine rings is 1. The summed E-state index contributed by atoms with van der Waals surface area (Å²) in [6.45, 7) is 3.29. The number of ether oxygens (including phenoxy) is 1. The molecule has 0 aromatic carbocycles. The molecule has 0 atom stereocenters. The minimum absolute atomic E-state index is 0.0210. The standard InChI is InChI=1S/C19H27N5O4S/c1-21(2)29(26,27)23-6-3-15(4-7-23)16-5-8-24-18(13-16)17(14-20-24)19(25)22-9-11-28-12-10-22/h5,8,13-15H,3-4,6-7,9-12H2,1-2H3. The Balaban J connectivity index is 1.53. The zero-order chi connectivity index (χ0) is 20.6. The van der Waals surface area contributed by atoms with Gasteiger partial charge in [-0.15, -0.1) is 0 Å². The lowest BCUT2D eigenvalue weighted by molar-refractivity contribution is 0.0304. The van der Waals surface area contributed by atoms with Gasteiger partial charge in [-0.25, -0.2) is 4.52 Å². The van der Waals surface area contributed by atoms with Gasteiger partial charge in [0.25, 0.3) is 16.1 Å². The van der Waals surface area contributed by atoms with Crippen LogP contribution in [0.4, 0.5) is 0 Å². The lowest BCUT2D eigenvalue weighted by atomic mass is 9.90. The molecule has 0 unspecified atom stereocenters. The Labute approximate surface area is 171 Å². The second-order valence-electron chi connectivity index (χ2n) is 7.72. The third-order valence-electron chi connectivity index (χ3n) is 5.79. The molecule has 0 spiro atoms. The van der Waals surface area contributed by atoms with E-state index in [4.69, 9.17) is 4.74 Å². The molecule has 0 aliphatic carbocycles. The molecule has 0 radical (unpaired) electrons. The summed E-state index contributed by atoms with van der Waals surface area (Å²) in [6.07, 6.45) is 5.01. The van der Waals surface area contributed by atoms with Gasteiger partial charge in [0, 0.05) is 46.5 Å². The molecule has 2 aliphatic rings. The number of aromatic nitrogens is 2. The van der Waals surface area contributed by atoms with Crippen LogP contribution in [-0.2, 0) is 14.9 Å². The summed E-state index contributed by atoms with van der Waals surface area (Å²) >= 11 is 0. The number of hydrogen-bond acceptors (Lipinski definition) is 5. The van der Waals surface area contributed by atoms with E-state index < -0.39 is 10.2 Å². The summed E-state index contributed by atoms with van der Waals surface area (Å²) in [5, 5.41) is 4.33. The van der Waals surface area contributed by atoms with Crippen molar-refractivity contribution in [3.05, 3.63) is 35.7 Å². The molecule has 2 saturated heterocycles. The Morgan fingerprint density at radius 3 is 2.52 bits per heavy atom. The largest absolute Gasteiger partial charge is 0.378 e. The molecular formula is C19H27N5O4S. The second kappa shape index (κ2) is 8.02. The minimum atomic E-state index is -3.37. The van der Waals surface area contributed by atoms with Crippen LogP contribution in [0.3, 0.4) is 0 Å². The van der Waals surface area contributed by atoms with Crippen LogP contribution in [0, 0.1) is 0 Å². The SMILES string of the molecule is CN(C)S(=O)(=O)N1CCC(c2ccn3ncc(C(=O)N4CCOCC4)c3c2)CC1. The van der Waals surface area contributed by atoms with Gasteiger partial charge < -0.3 is 9.64 Å². The number of pyridine rings is 1. The quantitative estimate of drug-likeness (QED) is 0.729. The molecule has 0 saturated carbocycles. The maximum atomic E-state index is 12.9. The summed E-state index contributed by atoms with van der Waals surface area (Å²) in [5.41, 5.74) is 2.51. The smallest absolute Gasteiger partial charge is 0.281 e. The van der Waals surface area contributed by atoms with Crippen molar-refractivity contribution in [2.75, 3.05) is 53.5 Å². The molecule has 10 heteroatoms. The van der Waals surface area contributed by atoms with Crippen molar-refractivity contribution >= 4 is 21.6 Å². The first-order valence-corrected chi connectivity index (χ1v) is 11.3. The molecule has 9 nitrogen and oxygen atoms in total. The highest BCUT2D eigenvalue weighted by atomic mass is 32.2. The first-order chi connectivity index (χ1) is 13.9. The Morgan fingerprint density at radius 1 is 1.17 bits per heavy atom. The molecule has 4 rings (SSSR count). The fraction of sp³-hybridized carbons (Fsp3) is 0.579. The van der Waals surface area contributed by atoms with Gasteiger partial charge in [-0.05, 0) is 36.5 Å². The molecular weight excluding hydrogens is 394 g/mol. The minimum Gasteiger partial charge on any atom is -0.378 e. The van der Waals surface area contributed by atoms with Gasteiger partial charge in [0.1, 0.15) is 0 Å². The predicted molar refractivity (Wildman–Crippen MR) is 108 cm³/mol. The number of amides is 1. The molecule has 1 amide bonds. The van der Waals surface area contributed by atoms with Crippen molar-refractivity contribution in [3.8, 4) is 0 Å². The Bertz CT molecular complexity index is 989. The van der Waals surface area contributed by atoms with Crippen molar-refractivity contribution < 1.29 is 17.9 Å². The van der Waals surface area contributed by atoms with Crippen LogP contribution < -0.4 is 0 Å². The van der Waals surface area contributed by atoms with E-state index in [2.05, 4.69) is 5.10 Å². The van der Waals surface area contributed by atoms with Crippen molar-refractivity contribution in [2.45, 2.75) is 18.8 Å². The van der Waals surface area contributed by atoms with E-state index in [1.807, 2.05) is 18.3 Å². The van der Waals surface area contributed by atoms with Crippen LogP contribution >= 0.6 is 0 Å². The molecule has 2 aromatic rings. The number of nitrogens with zero attached hydrogens (tertiary/aromatic N) is 5.